The SMILES string of the molecule is CCOCC(Cl)(OCC)O[Si]CCCl. The van der Waals surface area contributed by atoms with Gasteiger partial charge in [0.15, 0.2) is 0 Å². The molecular formula is C8H16Cl2O3Si. The van der Waals surface area contributed by atoms with Crippen LogP contribution in [0.25, 0.3) is 0 Å². The van der Waals surface area contributed by atoms with E-state index in [0.717, 1.165) is 6.04 Å². The van der Waals surface area contributed by atoms with Gasteiger partial charge < -0.3 is 13.9 Å². The van der Waals surface area contributed by atoms with Gasteiger partial charge in [-0.25, -0.2) is 0 Å². The van der Waals surface area contributed by atoms with Gasteiger partial charge in [0.2, 0.25) is 9.76 Å². The first-order valence-electron chi connectivity index (χ1n) is 4.56. The molecule has 0 bridgehead atoms. The molecule has 0 amide bonds. The minimum absolute atomic E-state index is 0.230. The van der Waals surface area contributed by atoms with Crippen molar-refractivity contribution in [3.05, 3.63) is 0 Å². The first-order chi connectivity index (χ1) is 6.68. The summed E-state index contributed by atoms with van der Waals surface area (Å²) < 4.78 is 15.8. The van der Waals surface area contributed by atoms with Crippen molar-refractivity contribution in [2.24, 2.45) is 0 Å². The molecule has 0 aliphatic heterocycles. The monoisotopic (exact) mass is 258 g/mol. The van der Waals surface area contributed by atoms with Crippen LogP contribution in [0.4, 0.5) is 0 Å². The molecule has 1 atom stereocenters. The van der Waals surface area contributed by atoms with Gasteiger partial charge in [0.05, 0.1) is 0 Å². The molecule has 0 rings (SSSR count). The Morgan fingerprint density at radius 2 is 2.00 bits per heavy atom. The fraction of sp³-hybridized carbons (Fsp3) is 1.00. The van der Waals surface area contributed by atoms with Gasteiger partial charge in [0, 0.05) is 19.1 Å². The lowest BCUT2D eigenvalue weighted by atomic mass is 10.6. The summed E-state index contributed by atoms with van der Waals surface area (Å²) in [6.07, 6.45) is 0. The lowest BCUT2D eigenvalue weighted by Crippen LogP contribution is -2.36. The van der Waals surface area contributed by atoms with Gasteiger partial charge in [-0.05, 0) is 19.9 Å². The molecule has 84 valence electrons. The molecule has 14 heavy (non-hydrogen) atoms. The fourth-order valence-corrected chi connectivity index (χ4v) is 1.83. The Labute approximate surface area is 97.9 Å². The number of hydrogen-bond acceptors (Lipinski definition) is 3. The van der Waals surface area contributed by atoms with Crippen LogP contribution in [0.1, 0.15) is 13.8 Å². The number of halogens is 2. The third-order valence-corrected chi connectivity index (χ3v) is 3.12. The summed E-state index contributed by atoms with van der Waals surface area (Å²) in [4.78, 5) is 0. The molecule has 0 spiro atoms. The Hall–Kier alpha value is 0.677. The van der Waals surface area contributed by atoms with E-state index < -0.39 is 5.25 Å². The molecule has 6 heteroatoms. The maximum Gasteiger partial charge on any atom is 0.263 e. The van der Waals surface area contributed by atoms with Crippen LogP contribution in [0.3, 0.4) is 0 Å². The number of alkyl halides is 2. The van der Waals surface area contributed by atoms with Crippen molar-refractivity contribution in [3.8, 4) is 0 Å². The summed E-state index contributed by atoms with van der Waals surface area (Å²) >= 11 is 11.6. The van der Waals surface area contributed by atoms with Crippen molar-refractivity contribution in [1.82, 2.24) is 0 Å². The highest BCUT2D eigenvalue weighted by Crippen LogP contribution is 2.19. The second kappa shape index (κ2) is 8.94. The Morgan fingerprint density at radius 3 is 2.50 bits per heavy atom. The molecule has 0 saturated heterocycles. The van der Waals surface area contributed by atoms with Crippen molar-refractivity contribution in [3.63, 3.8) is 0 Å². The van der Waals surface area contributed by atoms with Crippen LogP contribution in [0.2, 0.25) is 6.04 Å². The Balaban J connectivity index is 3.82. The van der Waals surface area contributed by atoms with Crippen LogP contribution in [0.5, 0.6) is 0 Å². The summed E-state index contributed by atoms with van der Waals surface area (Å²) in [7, 11) is 0.236. The lowest BCUT2D eigenvalue weighted by molar-refractivity contribution is -0.151. The maximum atomic E-state index is 6.05. The summed E-state index contributed by atoms with van der Waals surface area (Å²) in [5.74, 6) is 0.562. The predicted molar refractivity (Wildman–Crippen MR) is 59.1 cm³/mol. The van der Waals surface area contributed by atoms with Gasteiger partial charge in [-0.3, -0.25) is 0 Å². The normalized spacial score (nSPS) is 15.4. The second-order valence-electron chi connectivity index (χ2n) is 2.42. The van der Waals surface area contributed by atoms with Crippen molar-refractivity contribution >= 4 is 33.0 Å². The maximum absolute atomic E-state index is 6.05. The summed E-state index contributed by atoms with van der Waals surface area (Å²) in [5.41, 5.74) is 0. The molecule has 0 aromatic carbocycles. The van der Waals surface area contributed by atoms with E-state index in [1.165, 1.54) is 0 Å². The van der Waals surface area contributed by atoms with E-state index >= 15 is 0 Å². The third-order valence-electron chi connectivity index (χ3n) is 1.26. The zero-order valence-electron chi connectivity index (χ0n) is 8.52. The van der Waals surface area contributed by atoms with Crippen LogP contribution in [-0.4, -0.2) is 40.7 Å². The average Bonchev–Trinajstić information content (AvgIpc) is 2.16. The molecule has 0 saturated carbocycles. The highest BCUT2D eigenvalue weighted by atomic mass is 35.5. The van der Waals surface area contributed by atoms with E-state index in [-0.39, 0.29) is 16.4 Å². The van der Waals surface area contributed by atoms with E-state index in [9.17, 15) is 0 Å². The van der Waals surface area contributed by atoms with E-state index in [4.69, 9.17) is 37.1 Å². The van der Waals surface area contributed by atoms with E-state index in [1.807, 2.05) is 13.8 Å². The zero-order chi connectivity index (χ0) is 10.9. The standard InChI is InChI=1S/C8H16Cl2O3Si/c1-3-11-7-8(10,12-4-2)13-14-6-5-9/h3-7H2,1-2H3. The molecule has 0 aromatic heterocycles. The molecule has 0 N–H and O–H groups in total. The molecule has 2 radical (unpaired) electrons. The molecular weight excluding hydrogens is 243 g/mol. The van der Waals surface area contributed by atoms with E-state index in [0.29, 0.717) is 19.1 Å². The summed E-state index contributed by atoms with van der Waals surface area (Å²) in [6.45, 7) is 5.06. The van der Waals surface area contributed by atoms with Crippen molar-refractivity contribution < 1.29 is 13.9 Å². The molecule has 0 aromatic rings. The molecule has 3 nitrogen and oxygen atoms in total. The average molecular weight is 259 g/mol. The number of ether oxygens (including phenoxy) is 2. The first kappa shape index (κ1) is 14.7. The molecule has 0 aliphatic carbocycles. The molecule has 1 unspecified atom stereocenters. The third kappa shape index (κ3) is 7.03. The molecule has 0 aliphatic rings. The molecule has 0 heterocycles. The van der Waals surface area contributed by atoms with Crippen LogP contribution in [-0.2, 0) is 13.9 Å². The van der Waals surface area contributed by atoms with Gasteiger partial charge in [-0.1, -0.05) is 11.6 Å². The smallest absolute Gasteiger partial charge is 0.263 e. The topological polar surface area (TPSA) is 27.7 Å². The van der Waals surface area contributed by atoms with Gasteiger partial charge in [-0.15, -0.1) is 11.6 Å². The summed E-state index contributed by atoms with van der Waals surface area (Å²) in [5, 5.41) is -1.14. The summed E-state index contributed by atoms with van der Waals surface area (Å²) in [6, 6.07) is 0.773. The van der Waals surface area contributed by atoms with Crippen LogP contribution >= 0.6 is 23.2 Å². The van der Waals surface area contributed by atoms with Gasteiger partial charge >= 0.3 is 0 Å². The Bertz CT molecular complexity index is 140. The van der Waals surface area contributed by atoms with Gasteiger partial charge in [0.1, 0.15) is 6.61 Å². The highest BCUT2D eigenvalue weighted by Gasteiger charge is 2.28. The van der Waals surface area contributed by atoms with Crippen molar-refractivity contribution in [2.75, 3.05) is 25.7 Å². The zero-order valence-corrected chi connectivity index (χ0v) is 11.0. The van der Waals surface area contributed by atoms with E-state index in [1.54, 1.807) is 0 Å². The van der Waals surface area contributed by atoms with Crippen LogP contribution in [0, 0.1) is 0 Å². The van der Waals surface area contributed by atoms with Gasteiger partial charge in [0.25, 0.3) is 5.25 Å². The van der Waals surface area contributed by atoms with Crippen LogP contribution in [0.15, 0.2) is 0 Å². The molecule has 0 fully saturated rings. The van der Waals surface area contributed by atoms with E-state index in [2.05, 4.69) is 0 Å². The number of rotatable bonds is 9. The fourth-order valence-electron chi connectivity index (χ4n) is 0.737. The largest absolute Gasteiger partial charge is 0.377 e. The number of hydrogen-bond donors (Lipinski definition) is 0. The van der Waals surface area contributed by atoms with Crippen molar-refractivity contribution in [1.29, 1.82) is 0 Å². The highest BCUT2D eigenvalue weighted by molar-refractivity contribution is 6.33. The minimum Gasteiger partial charge on any atom is -0.377 e. The quantitative estimate of drug-likeness (QED) is 0.275. The predicted octanol–water partition coefficient (Wildman–Crippen LogP) is 2.24. The first-order valence-corrected chi connectivity index (χ1v) is 6.58. The minimum atomic E-state index is -1.14. The second-order valence-corrected chi connectivity index (χ2v) is 4.36. The van der Waals surface area contributed by atoms with Crippen molar-refractivity contribution in [2.45, 2.75) is 25.1 Å². The lowest BCUT2D eigenvalue weighted by Gasteiger charge is -2.26. The van der Waals surface area contributed by atoms with Crippen LogP contribution < -0.4 is 0 Å². The van der Waals surface area contributed by atoms with Gasteiger partial charge in [-0.2, -0.15) is 0 Å². The Morgan fingerprint density at radius 1 is 1.29 bits per heavy atom. The Kier molecular flexibility index (Phi) is 9.38.